The third-order valence-electron chi connectivity index (χ3n) is 11.2. The number of thioether (sulfide) groups is 2. The molecule has 31 heteroatoms. The average Bonchev–Trinajstić information content (AvgIpc) is 4.10. The summed E-state index contributed by atoms with van der Waals surface area (Å²) in [6.45, 7) is 2.44. The maximum absolute atomic E-state index is 13.6. The number of thiazole rings is 2. The number of β-lactam (4-membered cyclic amide) rings is 1. The van der Waals surface area contributed by atoms with E-state index in [0.717, 1.165) is 67.5 Å². The highest BCUT2D eigenvalue weighted by Gasteiger charge is 2.54. The van der Waals surface area contributed by atoms with Crippen molar-refractivity contribution in [1.29, 1.82) is 0 Å². The lowest BCUT2D eigenvalue weighted by atomic mass is 10.0. The van der Waals surface area contributed by atoms with Crippen molar-refractivity contribution in [2.45, 2.75) is 54.6 Å². The van der Waals surface area contributed by atoms with Gasteiger partial charge in [0.15, 0.2) is 33.7 Å². The van der Waals surface area contributed by atoms with E-state index in [4.69, 9.17) is 26.9 Å². The number of aromatic nitrogens is 2. The lowest BCUT2D eigenvalue weighted by Gasteiger charge is -2.51. The molecule has 3 unspecified atom stereocenters. The molecule has 0 saturated carbocycles. The number of guanidine groups is 1. The first-order valence-corrected chi connectivity index (χ1v) is 25.1. The summed E-state index contributed by atoms with van der Waals surface area (Å²) in [6, 6.07) is -3.72. The molecule has 0 radical (unpaired) electrons. The van der Waals surface area contributed by atoms with Crippen LogP contribution in [0.2, 0.25) is 0 Å². The second-order valence-corrected chi connectivity index (χ2v) is 20.2. The van der Waals surface area contributed by atoms with E-state index >= 15 is 0 Å². The molecular weight excluding hydrogens is 999 g/mol. The molecule has 13 N–H and O–H groups in total. The Morgan fingerprint density at radius 1 is 0.971 bits per heavy atom. The SMILES string of the molecule is CO/N=C(\C(=O)NC(C(=O)O)C1NC(C(=O)O)=C(CNc2nc(/C(=N/OC)C(=O)N[C@@H]3C(=O)N4C(C(=O)[O-])=C(C[N+]5(C)CCCC5)CS[C@H]34)cs2)CS1)c1csc(NC(=O)C(N)CCCN=C(N)N)n1. The molecule has 2 saturated heterocycles. The number of quaternary nitrogens is 1. The summed E-state index contributed by atoms with van der Waals surface area (Å²) < 4.78 is 0.671. The fourth-order valence-electron chi connectivity index (χ4n) is 7.80. The lowest BCUT2D eigenvalue weighted by Crippen LogP contribution is -2.71. The number of carboxylic acids is 3. The van der Waals surface area contributed by atoms with Gasteiger partial charge in [-0.1, -0.05) is 10.3 Å². The third-order valence-corrected chi connectivity index (χ3v) is 15.3. The van der Waals surface area contributed by atoms with Crippen molar-refractivity contribution >= 4 is 115 Å². The van der Waals surface area contributed by atoms with Gasteiger partial charge in [-0.3, -0.25) is 29.1 Å². The smallest absolute Gasteiger partial charge is 0.352 e. The number of hydrogen-bond acceptors (Lipinski definition) is 22. The molecule has 2 aromatic heterocycles. The number of likely N-dealkylation sites (tertiary alicyclic amines) is 1. The molecule has 0 spiro atoms. The minimum atomic E-state index is -1.71. The topological polar surface area (TPSA) is 406 Å². The zero-order valence-corrected chi connectivity index (χ0v) is 41.1. The van der Waals surface area contributed by atoms with Crippen molar-refractivity contribution in [1.82, 2.24) is 30.8 Å². The monoisotopic (exact) mass is 1050 g/mol. The van der Waals surface area contributed by atoms with E-state index in [9.17, 15) is 48.9 Å². The van der Waals surface area contributed by atoms with Crippen molar-refractivity contribution in [3.05, 3.63) is 44.7 Å². The average molecular weight is 1050 g/mol. The molecule has 6 heterocycles. The molecule has 6 rings (SSSR count). The summed E-state index contributed by atoms with van der Waals surface area (Å²) in [7, 11) is 4.42. The van der Waals surface area contributed by atoms with E-state index in [1.807, 2.05) is 0 Å². The van der Waals surface area contributed by atoms with Crippen LogP contribution in [0.3, 0.4) is 0 Å². The number of nitrogens with two attached hydrogens (primary N) is 3. The van der Waals surface area contributed by atoms with Gasteiger partial charge in [-0.25, -0.2) is 19.6 Å². The molecule has 2 aromatic rings. The summed E-state index contributed by atoms with van der Waals surface area (Å²) in [5.41, 5.74) is 16.2. The number of oxime groups is 2. The molecule has 2 fully saturated rings. The number of nitrogens with one attached hydrogen (secondary N) is 5. The Bertz CT molecular complexity index is 2530. The second-order valence-electron chi connectivity index (χ2n) is 16.2. The summed E-state index contributed by atoms with van der Waals surface area (Å²) in [4.78, 5) is 114. The number of aliphatic imine (C=N–C) groups is 1. The van der Waals surface area contributed by atoms with Crippen molar-refractivity contribution in [2.24, 2.45) is 32.5 Å². The zero-order chi connectivity index (χ0) is 50.9. The van der Waals surface area contributed by atoms with Crippen LogP contribution in [-0.2, 0) is 43.2 Å². The number of amides is 4. The number of fused-ring (bicyclic) bond motifs is 1. The van der Waals surface area contributed by atoms with Crippen LogP contribution in [-0.4, -0.2) is 183 Å². The predicted octanol–water partition coefficient (Wildman–Crippen LogP) is -3.05. The second kappa shape index (κ2) is 23.4. The fourth-order valence-corrected chi connectivity index (χ4v) is 11.7. The summed E-state index contributed by atoms with van der Waals surface area (Å²) >= 11 is 4.31. The lowest BCUT2D eigenvalue weighted by molar-refractivity contribution is -0.893. The van der Waals surface area contributed by atoms with Gasteiger partial charge in [-0.15, -0.1) is 46.2 Å². The van der Waals surface area contributed by atoms with Gasteiger partial charge in [0.25, 0.3) is 17.7 Å². The number of carbonyl (C=O) groups excluding carboxylic acids is 5. The predicted molar refractivity (Wildman–Crippen MR) is 257 cm³/mol. The maximum atomic E-state index is 13.6. The van der Waals surface area contributed by atoms with Gasteiger partial charge < -0.3 is 78.1 Å². The molecule has 4 aliphatic heterocycles. The van der Waals surface area contributed by atoms with Crippen LogP contribution in [0, 0.1) is 0 Å². The van der Waals surface area contributed by atoms with Crippen molar-refractivity contribution in [3.63, 3.8) is 0 Å². The number of rotatable bonds is 23. The number of nitrogens with zero attached hydrogens (tertiary/aromatic N) is 7. The maximum Gasteiger partial charge on any atom is 0.352 e. The zero-order valence-electron chi connectivity index (χ0n) is 37.8. The Labute approximate surface area is 415 Å². The molecule has 0 aromatic carbocycles. The van der Waals surface area contributed by atoms with E-state index < -0.39 is 76.1 Å². The molecule has 0 aliphatic carbocycles. The molecule has 70 heavy (non-hydrogen) atoms. The molecule has 5 atom stereocenters. The van der Waals surface area contributed by atoms with Crippen LogP contribution in [0.15, 0.2) is 48.6 Å². The van der Waals surface area contributed by atoms with Gasteiger partial charge in [0.2, 0.25) is 5.91 Å². The Morgan fingerprint density at radius 2 is 1.60 bits per heavy atom. The number of anilines is 2. The molecule has 378 valence electrons. The van der Waals surface area contributed by atoms with E-state index in [1.165, 1.54) is 34.5 Å². The van der Waals surface area contributed by atoms with Crippen LogP contribution >= 0.6 is 46.2 Å². The Balaban J connectivity index is 1.06. The van der Waals surface area contributed by atoms with Crippen molar-refractivity contribution in [3.8, 4) is 0 Å². The van der Waals surface area contributed by atoms with Crippen LogP contribution in [0.5, 0.6) is 0 Å². The number of hydrogen-bond donors (Lipinski definition) is 10. The van der Waals surface area contributed by atoms with E-state index in [0.29, 0.717) is 34.3 Å². The van der Waals surface area contributed by atoms with Gasteiger partial charge in [0.05, 0.1) is 37.8 Å². The normalized spacial score (nSPS) is 20.8. The van der Waals surface area contributed by atoms with Gasteiger partial charge in [0.1, 0.15) is 54.6 Å². The Kier molecular flexibility index (Phi) is 17.6. The Morgan fingerprint density at radius 3 is 2.21 bits per heavy atom. The Hall–Kier alpha value is -6.54. The van der Waals surface area contributed by atoms with Gasteiger partial charge in [-0.2, -0.15) is 0 Å². The molecule has 4 aliphatic rings. The minimum absolute atomic E-state index is 0.0199. The highest BCUT2D eigenvalue weighted by molar-refractivity contribution is 8.00. The van der Waals surface area contributed by atoms with Crippen LogP contribution < -0.4 is 48.9 Å². The number of aliphatic carboxylic acids is 3. The highest BCUT2D eigenvalue weighted by atomic mass is 32.2. The van der Waals surface area contributed by atoms with Crippen LogP contribution in [0.25, 0.3) is 0 Å². The van der Waals surface area contributed by atoms with Crippen molar-refractivity contribution in [2.75, 3.05) is 76.1 Å². The number of carbonyl (C=O) groups is 7. The first-order valence-electron chi connectivity index (χ1n) is 21.2. The molecule has 0 bridgehead atoms. The molecule has 4 amide bonds. The van der Waals surface area contributed by atoms with Crippen molar-refractivity contribution < 1.29 is 63.0 Å². The number of likely N-dealkylation sites (N-methyl/N-ethyl adjacent to an activating group) is 1. The summed E-state index contributed by atoms with van der Waals surface area (Å²) in [6.07, 6.45) is 2.74. The van der Waals surface area contributed by atoms with Gasteiger partial charge in [-0.05, 0) is 18.4 Å². The number of carboxylic acid groups (broad SMARTS) is 3. The highest BCUT2D eigenvalue weighted by Crippen LogP contribution is 2.41. The fraction of sp³-hybridized carbons (Fsp3) is 0.487. The quantitative estimate of drug-likeness (QED) is 0.0132. The minimum Gasteiger partial charge on any atom is -0.543 e. The van der Waals surface area contributed by atoms with E-state index in [1.54, 1.807) is 0 Å². The van der Waals surface area contributed by atoms with Crippen LogP contribution in [0.1, 0.15) is 37.1 Å². The van der Waals surface area contributed by atoms with E-state index in [-0.39, 0.29) is 70.0 Å². The first kappa shape index (κ1) is 52.8. The third kappa shape index (κ3) is 12.6. The standard InChI is InChI=1S/C39H51N15O12S4/c1-54(9-4-5-10-54)12-18-14-68-33-26(32(58)53(33)27(18)36(63)64)48-30(57)23(51-65-2)20-15-69-38(45-20)44-11-17-13-67-31(49-22(17)34(59)60)25(35(61)62)47-29(56)24(52-66-3)21-16-70-39(46-21)50-28(55)19(40)7-6-8-43-37(41)42/h15-16,19,25-26,31,33,49H,4-14,40H2,1-3H3,(H10-,41,42,43,44,45,46,47,48,50,55,56,57,59,60,61,62,63,64)/b51-23-,52-24-/t19?,25?,26-,31?,33-/m1/s1. The molecule has 27 nitrogen and oxygen atoms in total. The van der Waals surface area contributed by atoms with Crippen LogP contribution in [0.4, 0.5) is 10.3 Å². The summed E-state index contributed by atoms with van der Waals surface area (Å²) in [5, 5.41) is 54.7. The summed E-state index contributed by atoms with van der Waals surface area (Å²) in [5.74, 6) is -7.19. The first-order chi connectivity index (χ1) is 33.3. The van der Waals surface area contributed by atoms with Gasteiger partial charge in [0, 0.05) is 53.8 Å². The van der Waals surface area contributed by atoms with Gasteiger partial charge >= 0.3 is 11.9 Å². The molecular formula is C39H51N15O12S4. The van der Waals surface area contributed by atoms with E-state index in [2.05, 4.69) is 58.9 Å². The largest absolute Gasteiger partial charge is 0.543 e.